The van der Waals surface area contributed by atoms with E-state index in [4.69, 9.17) is 14.3 Å². The Hall–Kier alpha value is -1.38. The summed E-state index contributed by atoms with van der Waals surface area (Å²) in [4.78, 5) is 13.8. The Bertz CT molecular complexity index is 615. The Morgan fingerprint density at radius 2 is 2.10 bits per heavy atom. The van der Waals surface area contributed by atoms with Gasteiger partial charge in [0.15, 0.2) is 5.76 Å². The molecule has 1 fully saturated rings. The summed E-state index contributed by atoms with van der Waals surface area (Å²) < 4.78 is 33.5. The van der Waals surface area contributed by atoms with Crippen LogP contribution in [0.4, 0.5) is 0 Å². The van der Waals surface area contributed by atoms with E-state index in [9.17, 15) is 13.2 Å². The zero-order valence-electron chi connectivity index (χ0n) is 12.2. The maximum atomic E-state index is 12.3. The van der Waals surface area contributed by atoms with E-state index >= 15 is 0 Å². The van der Waals surface area contributed by atoms with E-state index in [1.54, 1.807) is 4.90 Å². The van der Waals surface area contributed by atoms with E-state index in [0.29, 0.717) is 19.7 Å². The summed E-state index contributed by atoms with van der Waals surface area (Å²) in [6.45, 7) is 5.20. The Labute approximate surface area is 124 Å². The lowest BCUT2D eigenvalue weighted by Gasteiger charge is -2.31. The van der Waals surface area contributed by atoms with E-state index < -0.39 is 10.0 Å². The van der Waals surface area contributed by atoms with Gasteiger partial charge in [-0.05, 0) is 26.7 Å². The van der Waals surface area contributed by atoms with Gasteiger partial charge in [0.1, 0.15) is 10.7 Å². The van der Waals surface area contributed by atoms with Crippen molar-refractivity contribution in [3.8, 4) is 0 Å². The molecule has 1 saturated heterocycles. The van der Waals surface area contributed by atoms with Crippen LogP contribution in [0.2, 0.25) is 0 Å². The van der Waals surface area contributed by atoms with Crippen LogP contribution in [0.15, 0.2) is 15.4 Å². The highest BCUT2D eigenvalue weighted by Crippen LogP contribution is 2.22. The Kier molecular flexibility index (Phi) is 4.70. The molecule has 1 amide bonds. The highest BCUT2D eigenvalue weighted by Gasteiger charge is 2.28. The Morgan fingerprint density at radius 1 is 1.48 bits per heavy atom. The Balaban J connectivity index is 2.08. The molecule has 0 atom stereocenters. The van der Waals surface area contributed by atoms with Crippen LogP contribution in [0.1, 0.15) is 36.1 Å². The number of carbonyl (C=O) groups excluding carboxylic acids is 1. The van der Waals surface area contributed by atoms with E-state index in [0.717, 1.165) is 12.8 Å². The molecule has 7 nitrogen and oxygen atoms in total. The van der Waals surface area contributed by atoms with E-state index in [-0.39, 0.29) is 28.4 Å². The lowest BCUT2D eigenvalue weighted by atomic mass is 10.1. The van der Waals surface area contributed by atoms with Crippen molar-refractivity contribution in [1.29, 1.82) is 0 Å². The van der Waals surface area contributed by atoms with Gasteiger partial charge in [-0.3, -0.25) is 4.79 Å². The molecule has 0 saturated carbocycles. The topological polar surface area (TPSA) is 103 Å². The molecule has 8 heteroatoms. The molecule has 1 aliphatic rings. The number of carbonyl (C=O) groups is 1. The van der Waals surface area contributed by atoms with Crippen LogP contribution >= 0.6 is 0 Å². The van der Waals surface area contributed by atoms with Crippen LogP contribution in [-0.2, 0) is 14.8 Å². The molecule has 118 valence electrons. The molecular weight excluding hydrogens is 296 g/mol. The smallest absolute Gasteiger partial charge is 0.289 e. The van der Waals surface area contributed by atoms with Gasteiger partial charge in [0.2, 0.25) is 10.0 Å². The number of primary sulfonamides is 1. The molecule has 0 aliphatic carbocycles. The van der Waals surface area contributed by atoms with Crippen molar-refractivity contribution in [2.75, 3.05) is 19.7 Å². The van der Waals surface area contributed by atoms with Gasteiger partial charge in [-0.2, -0.15) is 0 Å². The number of rotatable bonds is 4. The molecule has 21 heavy (non-hydrogen) atoms. The fraction of sp³-hybridized carbons (Fsp3) is 0.615. The predicted molar refractivity (Wildman–Crippen MR) is 75.4 cm³/mol. The van der Waals surface area contributed by atoms with Gasteiger partial charge >= 0.3 is 0 Å². The molecule has 0 aromatic carbocycles. The Morgan fingerprint density at radius 3 is 2.57 bits per heavy atom. The number of sulfonamides is 1. The summed E-state index contributed by atoms with van der Waals surface area (Å²) in [6.07, 6.45) is 1.71. The van der Waals surface area contributed by atoms with Gasteiger partial charge in [-0.25, -0.2) is 13.6 Å². The summed E-state index contributed by atoms with van der Waals surface area (Å²) in [6, 6.07) is 1.20. The second kappa shape index (κ2) is 6.17. The first kappa shape index (κ1) is 16.0. The minimum absolute atomic E-state index is 0.00591. The van der Waals surface area contributed by atoms with Gasteiger partial charge in [-0.1, -0.05) is 0 Å². The van der Waals surface area contributed by atoms with Crippen molar-refractivity contribution in [1.82, 2.24) is 4.90 Å². The minimum Gasteiger partial charge on any atom is -0.455 e. The maximum absolute atomic E-state index is 12.3. The van der Waals surface area contributed by atoms with Gasteiger partial charge in [0.25, 0.3) is 5.91 Å². The summed E-state index contributed by atoms with van der Waals surface area (Å²) >= 11 is 0. The van der Waals surface area contributed by atoms with Crippen LogP contribution in [-0.4, -0.2) is 45.0 Å². The lowest BCUT2D eigenvalue weighted by Crippen LogP contribution is -2.40. The van der Waals surface area contributed by atoms with Crippen molar-refractivity contribution < 1.29 is 22.4 Å². The highest BCUT2D eigenvalue weighted by molar-refractivity contribution is 7.89. The summed E-state index contributed by atoms with van der Waals surface area (Å²) in [7, 11) is -3.88. The first-order valence-corrected chi connectivity index (χ1v) is 8.41. The molecule has 1 aromatic rings. The van der Waals surface area contributed by atoms with Crippen molar-refractivity contribution in [3.63, 3.8) is 0 Å². The number of piperidine rings is 1. The normalized spacial score (nSPS) is 17.2. The molecule has 0 spiro atoms. The molecule has 2 rings (SSSR count). The molecule has 0 radical (unpaired) electrons. The first-order valence-electron chi connectivity index (χ1n) is 6.87. The number of likely N-dealkylation sites (tertiary alicyclic amines) is 1. The second-order valence-electron chi connectivity index (χ2n) is 5.02. The number of nitrogens with two attached hydrogens (primary N) is 1. The molecule has 0 bridgehead atoms. The SMILES string of the molecule is CCOC1CCN(C(=O)c2cc(S(N)(=O)=O)c(C)o2)CC1. The monoisotopic (exact) mass is 316 g/mol. The third-order valence-corrected chi connectivity index (χ3v) is 4.54. The number of amides is 1. The van der Waals surface area contributed by atoms with Crippen molar-refractivity contribution in [2.45, 2.75) is 37.7 Å². The molecule has 2 N–H and O–H groups in total. The van der Waals surface area contributed by atoms with Crippen molar-refractivity contribution in [3.05, 3.63) is 17.6 Å². The average Bonchev–Trinajstić information content (AvgIpc) is 2.81. The van der Waals surface area contributed by atoms with Crippen molar-refractivity contribution in [2.24, 2.45) is 5.14 Å². The molecule has 0 unspecified atom stereocenters. The van der Waals surface area contributed by atoms with E-state index in [2.05, 4.69) is 0 Å². The van der Waals surface area contributed by atoms with E-state index in [1.165, 1.54) is 13.0 Å². The summed E-state index contributed by atoms with van der Waals surface area (Å²) in [5, 5.41) is 5.07. The van der Waals surface area contributed by atoms with E-state index in [1.807, 2.05) is 6.92 Å². The second-order valence-corrected chi connectivity index (χ2v) is 6.55. The highest BCUT2D eigenvalue weighted by atomic mass is 32.2. The third-order valence-electron chi connectivity index (χ3n) is 3.52. The van der Waals surface area contributed by atoms with Gasteiger partial charge in [0, 0.05) is 25.8 Å². The fourth-order valence-electron chi connectivity index (χ4n) is 2.47. The number of ether oxygens (including phenoxy) is 1. The largest absolute Gasteiger partial charge is 0.455 e. The zero-order chi connectivity index (χ0) is 15.6. The number of hydrogen-bond donors (Lipinski definition) is 1. The molecule has 1 aliphatic heterocycles. The van der Waals surface area contributed by atoms with Crippen LogP contribution in [0, 0.1) is 6.92 Å². The first-order chi connectivity index (χ1) is 9.82. The predicted octanol–water partition coefficient (Wildman–Crippen LogP) is 0.877. The zero-order valence-corrected chi connectivity index (χ0v) is 13.0. The number of hydrogen-bond acceptors (Lipinski definition) is 5. The fourth-order valence-corrected chi connectivity index (χ4v) is 3.18. The van der Waals surface area contributed by atoms with Gasteiger partial charge < -0.3 is 14.1 Å². The average molecular weight is 316 g/mol. The molecular formula is C13H20N2O5S. The number of aryl methyl sites for hydroxylation is 1. The summed E-state index contributed by atoms with van der Waals surface area (Å²) in [5.41, 5.74) is 0. The van der Waals surface area contributed by atoms with Gasteiger partial charge in [0.05, 0.1) is 6.10 Å². The van der Waals surface area contributed by atoms with Crippen LogP contribution < -0.4 is 5.14 Å². The lowest BCUT2D eigenvalue weighted by molar-refractivity contribution is 0.0136. The number of nitrogens with zero attached hydrogens (tertiary/aromatic N) is 1. The number of furan rings is 1. The standard InChI is InChI=1S/C13H20N2O5S/c1-3-19-10-4-6-15(7-5-10)13(16)11-8-12(9(2)20-11)21(14,17)18/h8,10H,3-7H2,1-2H3,(H2,14,17,18). The molecule has 1 aromatic heterocycles. The van der Waals surface area contributed by atoms with Crippen LogP contribution in [0.5, 0.6) is 0 Å². The summed E-state index contributed by atoms with van der Waals surface area (Å²) in [5.74, 6) is -0.181. The minimum atomic E-state index is -3.88. The quantitative estimate of drug-likeness (QED) is 0.888. The van der Waals surface area contributed by atoms with Crippen molar-refractivity contribution >= 4 is 15.9 Å². The van der Waals surface area contributed by atoms with Crippen LogP contribution in [0.3, 0.4) is 0 Å². The maximum Gasteiger partial charge on any atom is 0.289 e. The van der Waals surface area contributed by atoms with Crippen LogP contribution in [0.25, 0.3) is 0 Å². The van der Waals surface area contributed by atoms with Gasteiger partial charge in [-0.15, -0.1) is 0 Å². The molecule has 2 heterocycles. The third kappa shape index (κ3) is 3.63.